The van der Waals surface area contributed by atoms with Gasteiger partial charge in [-0.2, -0.15) is 0 Å². The number of rotatable bonds is 9. The maximum absolute atomic E-state index is 9.48. The molecule has 0 spiro atoms. The third-order valence-electron chi connectivity index (χ3n) is 12.4. The van der Waals surface area contributed by atoms with Crippen molar-refractivity contribution in [3.05, 3.63) is 255 Å². The van der Waals surface area contributed by atoms with E-state index in [0.717, 1.165) is 72.3 Å². The molecule has 2 heterocycles. The van der Waals surface area contributed by atoms with Gasteiger partial charge in [0.2, 0.25) is 0 Å². The predicted molar refractivity (Wildman–Crippen MR) is 278 cm³/mol. The smallest absolute Gasteiger partial charge is 0.164 e. The zero-order chi connectivity index (χ0) is 48.0. The Morgan fingerprint density at radius 1 is 0.299 bits per heavy atom. The number of para-hydroxylation sites is 2. The van der Waals surface area contributed by atoms with Crippen LogP contribution >= 0.6 is 0 Å². The van der Waals surface area contributed by atoms with Crippen LogP contribution in [-0.4, -0.2) is 19.5 Å². The summed E-state index contributed by atoms with van der Waals surface area (Å²) >= 11 is 0. The summed E-state index contributed by atoms with van der Waals surface area (Å²) < 4.78 is 38.6. The van der Waals surface area contributed by atoms with Gasteiger partial charge in [-0.3, -0.25) is 0 Å². The number of aromatic nitrogens is 4. The van der Waals surface area contributed by atoms with E-state index >= 15 is 0 Å². The van der Waals surface area contributed by atoms with Crippen LogP contribution in [0.15, 0.2) is 255 Å². The molecule has 10 aromatic carbocycles. The number of hydrogen-bond donors (Lipinski definition) is 0. The maximum atomic E-state index is 9.48. The van der Waals surface area contributed by atoms with E-state index in [9.17, 15) is 2.74 Å². The quantitative estimate of drug-likeness (QED) is 0.145. The average molecular weight is 859 g/mol. The van der Waals surface area contributed by atoms with Crippen LogP contribution in [0, 0.1) is 0 Å². The highest BCUT2D eigenvalue weighted by Gasteiger charge is 2.20. The van der Waals surface area contributed by atoms with E-state index in [2.05, 4.69) is 97.1 Å². The monoisotopic (exact) mass is 858 g/mol. The van der Waals surface area contributed by atoms with Crippen molar-refractivity contribution in [1.29, 1.82) is 0 Å². The third kappa shape index (κ3) is 7.67. The van der Waals surface area contributed by atoms with Crippen LogP contribution in [0.25, 0.3) is 117 Å². The van der Waals surface area contributed by atoms with Gasteiger partial charge in [0, 0.05) is 38.7 Å². The average Bonchev–Trinajstić information content (AvgIpc) is 3.81. The third-order valence-corrected chi connectivity index (χ3v) is 12.4. The summed E-state index contributed by atoms with van der Waals surface area (Å²) in [6.07, 6.45) is 0. The van der Waals surface area contributed by atoms with Gasteiger partial charge < -0.3 is 4.57 Å². The Bertz CT molecular complexity index is 3780. The lowest BCUT2D eigenvalue weighted by atomic mass is 9.92. The summed E-state index contributed by atoms with van der Waals surface area (Å²) in [5.41, 5.74) is 14.6. The molecule has 0 radical (unpaired) electrons. The topological polar surface area (TPSA) is 43.6 Å². The standard InChI is InChI=1S/C63H42N4/c1-5-17-43(18-6-1)47-31-35-49(36-32-47)61-64-62(50-37-33-48(34-38-50)44-19-7-2-8-20-44)66-63(65-61)51-25-15-26-55(42-51)67-59-30-14-13-27-57(59)58-29-16-28-56(60(58)67)54-40-52(45-21-9-3-10-22-45)39-53(41-54)46-23-11-4-12-24-46/h1-42H/i13D,14D,27D,30D. The minimum atomic E-state index is -0.301. The van der Waals surface area contributed by atoms with E-state index in [-0.39, 0.29) is 24.2 Å². The molecule has 0 N–H and O–H groups in total. The van der Waals surface area contributed by atoms with Gasteiger partial charge in [-0.05, 0) is 86.4 Å². The molecule has 314 valence electrons. The minimum Gasteiger partial charge on any atom is -0.309 e. The minimum absolute atomic E-state index is 0.0932. The Morgan fingerprint density at radius 3 is 1.22 bits per heavy atom. The van der Waals surface area contributed by atoms with Gasteiger partial charge >= 0.3 is 0 Å². The molecule has 4 nitrogen and oxygen atoms in total. The summed E-state index contributed by atoms with van der Waals surface area (Å²) in [5, 5.41) is 1.16. The van der Waals surface area contributed by atoms with Crippen LogP contribution in [0.5, 0.6) is 0 Å². The summed E-state index contributed by atoms with van der Waals surface area (Å²) in [6.45, 7) is 0. The summed E-state index contributed by atoms with van der Waals surface area (Å²) in [6, 6.07) is 77.4. The number of nitrogens with zero attached hydrogens (tertiary/aromatic N) is 4. The van der Waals surface area contributed by atoms with Gasteiger partial charge in [-0.1, -0.05) is 218 Å². The van der Waals surface area contributed by atoms with Crippen LogP contribution in [-0.2, 0) is 0 Å². The molecule has 0 amide bonds. The van der Waals surface area contributed by atoms with E-state index in [4.69, 9.17) is 17.7 Å². The Kier molecular flexibility index (Phi) is 9.07. The molecular weight excluding hydrogens is 813 g/mol. The Balaban J connectivity index is 1.07. The van der Waals surface area contributed by atoms with Crippen molar-refractivity contribution in [3.63, 3.8) is 0 Å². The number of hydrogen-bond acceptors (Lipinski definition) is 3. The first-order valence-corrected chi connectivity index (χ1v) is 22.3. The first kappa shape index (κ1) is 35.4. The van der Waals surface area contributed by atoms with Crippen LogP contribution < -0.4 is 0 Å². The van der Waals surface area contributed by atoms with Crippen molar-refractivity contribution in [2.45, 2.75) is 0 Å². The van der Waals surface area contributed by atoms with Crippen molar-refractivity contribution in [2.75, 3.05) is 0 Å². The SMILES string of the molecule is [2H]c1c([2H])c([2H])c2c(c1[2H])c1cccc(-c3cc(-c4ccccc4)cc(-c4ccccc4)c3)c1n2-c1cccc(-c2nc(-c3ccc(-c4ccccc4)cc3)nc(-c3ccc(-c4ccccc4)cc3)n2)c1. The molecule has 12 rings (SSSR count). The van der Waals surface area contributed by atoms with Gasteiger partial charge in [0.15, 0.2) is 17.5 Å². The molecule has 0 fully saturated rings. The first-order valence-electron chi connectivity index (χ1n) is 24.3. The van der Waals surface area contributed by atoms with E-state index in [1.807, 2.05) is 138 Å². The lowest BCUT2D eigenvalue weighted by Gasteiger charge is -2.15. The second-order valence-electron chi connectivity index (χ2n) is 16.5. The van der Waals surface area contributed by atoms with Gasteiger partial charge in [0.05, 0.1) is 16.5 Å². The fourth-order valence-electron chi connectivity index (χ4n) is 9.07. The molecule has 0 saturated carbocycles. The maximum Gasteiger partial charge on any atom is 0.164 e. The molecule has 0 saturated heterocycles. The van der Waals surface area contributed by atoms with Crippen molar-refractivity contribution in [1.82, 2.24) is 19.5 Å². The lowest BCUT2D eigenvalue weighted by molar-refractivity contribution is 1.07. The van der Waals surface area contributed by atoms with Crippen molar-refractivity contribution < 1.29 is 5.48 Å². The molecule has 0 aliphatic rings. The molecule has 0 bridgehead atoms. The fourth-order valence-corrected chi connectivity index (χ4v) is 9.07. The van der Waals surface area contributed by atoms with Crippen LogP contribution in [0.4, 0.5) is 0 Å². The van der Waals surface area contributed by atoms with Crippen molar-refractivity contribution in [2.24, 2.45) is 0 Å². The largest absolute Gasteiger partial charge is 0.309 e. The van der Waals surface area contributed by atoms with E-state index in [0.29, 0.717) is 45.0 Å². The normalized spacial score (nSPS) is 12.1. The van der Waals surface area contributed by atoms with E-state index < -0.39 is 0 Å². The molecule has 67 heavy (non-hydrogen) atoms. The lowest BCUT2D eigenvalue weighted by Crippen LogP contribution is -2.01. The molecule has 4 heteroatoms. The Morgan fingerprint density at radius 2 is 0.701 bits per heavy atom. The molecule has 12 aromatic rings. The predicted octanol–water partition coefficient (Wildman–Crippen LogP) is 16.3. The second-order valence-corrected chi connectivity index (χ2v) is 16.5. The summed E-state index contributed by atoms with van der Waals surface area (Å²) in [7, 11) is 0. The van der Waals surface area contributed by atoms with Gasteiger partial charge in [0.1, 0.15) is 0 Å². The number of benzene rings is 10. The Labute approximate surface area is 395 Å². The van der Waals surface area contributed by atoms with Gasteiger partial charge in [0.25, 0.3) is 0 Å². The highest BCUT2D eigenvalue weighted by Crippen LogP contribution is 2.41. The van der Waals surface area contributed by atoms with E-state index in [1.54, 1.807) is 0 Å². The zero-order valence-corrected chi connectivity index (χ0v) is 36.2. The first-order chi connectivity index (χ1) is 34.9. The van der Waals surface area contributed by atoms with Crippen LogP contribution in [0.2, 0.25) is 0 Å². The molecule has 0 aliphatic carbocycles. The Hall–Kier alpha value is -8.99. The molecule has 0 unspecified atom stereocenters. The molecule has 0 atom stereocenters. The summed E-state index contributed by atoms with van der Waals surface area (Å²) in [4.78, 5) is 15.4. The van der Waals surface area contributed by atoms with Crippen molar-refractivity contribution >= 4 is 21.8 Å². The van der Waals surface area contributed by atoms with Crippen molar-refractivity contribution in [3.8, 4) is 95.5 Å². The zero-order valence-electron chi connectivity index (χ0n) is 40.2. The summed E-state index contributed by atoms with van der Waals surface area (Å²) in [5.74, 6) is 1.49. The second kappa shape index (κ2) is 17.2. The van der Waals surface area contributed by atoms with Gasteiger partial charge in [-0.25, -0.2) is 15.0 Å². The number of fused-ring (bicyclic) bond motifs is 3. The highest BCUT2D eigenvalue weighted by molar-refractivity contribution is 6.14. The highest BCUT2D eigenvalue weighted by atomic mass is 15.0. The van der Waals surface area contributed by atoms with E-state index in [1.165, 1.54) is 0 Å². The molecule has 2 aromatic heterocycles. The van der Waals surface area contributed by atoms with Crippen LogP contribution in [0.1, 0.15) is 5.48 Å². The fraction of sp³-hybridized carbons (Fsp3) is 0. The molecule has 0 aliphatic heterocycles. The molecular formula is C63H42N4. The van der Waals surface area contributed by atoms with Gasteiger partial charge in [-0.15, -0.1) is 0 Å². The van der Waals surface area contributed by atoms with Crippen LogP contribution in [0.3, 0.4) is 0 Å².